The number of rotatable bonds is 9. The highest BCUT2D eigenvalue weighted by molar-refractivity contribution is 7.92. The van der Waals surface area contributed by atoms with Crippen LogP contribution in [0.3, 0.4) is 0 Å². The summed E-state index contributed by atoms with van der Waals surface area (Å²) in [6.45, 7) is 3.21. The zero-order chi connectivity index (χ0) is 20.7. The molecule has 0 radical (unpaired) electrons. The monoisotopic (exact) mass is 405 g/mol. The number of ether oxygens (including phenoxy) is 2. The summed E-state index contributed by atoms with van der Waals surface area (Å²) in [7, 11) is -3.39. The lowest BCUT2D eigenvalue weighted by atomic mass is 10.1. The van der Waals surface area contributed by atoms with Gasteiger partial charge in [-0.3, -0.25) is 9.52 Å². The molecule has 0 bridgehead atoms. The smallest absolute Gasteiger partial charge is 0.344 e. The van der Waals surface area contributed by atoms with Gasteiger partial charge >= 0.3 is 5.97 Å². The van der Waals surface area contributed by atoms with E-state index in [0.29, 0.717) is 17.0 Å². The number of ketones is 1. The molecule has 0 aliphatic carbocycles. The largest absolute Gasteiger partial charge is 0.482 e. The minimum atomic E-state index is -3.39. The van der Waals surface area contributed by atoms with Crippen molar-refractivity contribution in [2.75, 3.05) is 17.6 Å². The molecule has 0 heterocycles. The van der Waals surface area contributed by atoms with E-state index in [1.807, 2.05) is 19.1 Å². The van der Waals surface area contributed by atoms with Crippen LogP contribution < -0.4 is 9.46 Å². The molecule has 0 saturated carbocycles. The van der Waals surface area contributed by atoms with E-state index < -0.39 is 27.9 Å². The van der Waals surface area contributed by atoms with E-state index >= 15 is 0 Å². The first-order chi connectivity index (χ1) is 13.2. The second-order valence-corrected chi connectivity index (χ2v) is 7.98. The van der Waals surface area contributed by atoms with Gasteiger partial charge in [-0.2, -0.15) is 0 Å². The van der Waals surface area contributed by atoms with Crippen molar-refractivity contribution in [2.24, 2.45) is 0 Å². The zero-order valence-electron chi connectivity index (χ0n) is 16.0. The summed E-state index contributed by atoms with van der Waals surface area (Å²) in [6, 6.07) is 13.2. The maximum atomic E-state index is 12.4. The van der Waals surface area contributed by atoms with E-state index in [-0.39, 0.29) is 6.61 Å². The van der Waals surface area contributed by atoms with Gasteiger partial charge in [0.1, 0.15) is 5.75 Å². The van der Waals surface area contributed by atoms with Crippen LogP contribution in [0.5, 0.6) is 5.75 Å². The Morgan fingerprint density at radius 2 is 1.64 bits per heavy atom. The van der Waals surface area contributed by atoms with Crippen molar-refractivity contribution in [1.82, 2.24) is 0 Å². The molecule has 0 unspecified atom stereocenters. The third kappa shape index (κ3) is 6.70. The fourth-order valence-corrected chi connectivity index (χ4v) is 2.96. The van der Waals surface area contributed by atoms with E-state index in [4.69, 9.17) is 9.47 Å². The molecular weight excluding hydrogens is 382 g/mol. The average Bonchev–Trinajstić information content (AvgIpc) is 2.65. The number of sulfonamides is 1. The van der Waals surface area contributed by atoms with Crippen molar-refractivity contribution in [3.05, 3.63) is 59.7 Å². The van der Waals surface area contributed by atoms with Crippen LogP contribution in [0.1, 0.15) is 29.8 Å². The number of hydrogen-bond acceptors (Lipinski definition) is 6. The first-order valence-corrected chi connectivity index (χ1v) is 10.6. The van der Waals surface area contributed by atoms with Crippen LogP contribution in [0.4, 0.5) is 5.69 Å². The molecule has 0 fully saturated rings. The summed E-state index contributed by atoms with van der Waals surface area (Å²) in [4.78, 5) is 24.3. The number of carbonyl (C=O) groups is 2. The molecular formula is C20H23NO6S. The van der Waals surface area contributed by atoms with Crippen LogP contribution in [0.25, 0.3) is 0 Å². The Labute approximate surface area is 164 Å². The Kier molecular flexibility index (Phi) is 7.17. The Bertz CT molecular complexity index is 920. The zero-order valence-corrected chi connectivity index (χ0v) is 16.8. The van der Waals surface area contributed by atoms with Crippen LogP contribution in [-0.4, -0.2) is 39.1 Å². The summed E-state index contributed by atoms with van der Waals surface area (Å²) in [5.74, 6) is -0.510. The molecule has 2 rings (SSSR count). The Morgan fingerprint density at radius 1 is 1.04 bits per heavy atom. The molecule has 0 aromatic heterocycles. The number of aryl methyl sites for hydroxylation is 1. The highest BCUT2D eigenvalue weighted by atomic mass is 32.2. The first-order valence-electron chi connectivity index (χ1n) is 8.71. The summed E-state index contributed by atoms with van der Waals surface area (Å²) in [5, 5.41) is 0. The normalized spacial score (nSPS) is 12.1. The number of nitrogens with one attached hydrogen (secondary N) is 1. The van der Waals surface area contributed by atoms with Crippen molar-refractivity contribution < 1.29 is 27.5 Å². The molecule has 150 valence electrons. The first kappa shape index (κ1) is 21.4. The number of hydrogen-bond donors (Lipinski definition) is 1. The van der Waals surface area contributed by atoms with E-state index in [1.165, 1.54) is 31.2 Å². The molecule has 0 aliphatic rings. The molecule has 1 N–H and O–H groups in total. The van der Waals surface area contributed by atoms with Crippen LogP contribution in [0.2, 0.25) is 0 Å². The van der Waals surface area contributed by atoms with Crippen molar-refractivity contribution in [2.45, 2.75) is 26.4 Å². The lowest BCUT2D eigenvalue weighted by Gasteiger charge is -2.13. The maximum absolute atomic E-state index is 12.4. The van der Waals surface area contributed by atoms with Gasteiger partial charge in [0.2, 0.25) is 15.8 Å². The Morgan fingerprint density at radius 3 is 2.18 bits per heavy atom. The van der Waals surface area contributed by atoms with Crippen molar-refractivity contribution in [3.8, 4) is 5.75 Å². The molecule has 0 amide bonds. The summed E-state index contributed by atoms with van der Waals surface area (Å²) in [6.07, 6.45) is 0.952. The standard InChI is InChI=1S/C20H23NO6S/c1-4-15-5-11-18(12-6-15)26-13-19(22)27-14(2)20(23)16-7-9-17(10-8-16)21-28(3,24)25/h5-12,14,21H,4,13H2,1-3H3/t14-/m1/s1. The van der Waals surface area contributed by atoms with Gasteiger partial charge < -0.3 is 9.47 Å². The summed E-state index contributed by atoms with van der Waals surface area (Å²) in [5.41, 5.74) is 1.80. The van der Waals surface area contributed by atoms with Gasteiger partial charge in [-0.05, 0) is 55.3 Å². The molecule has 0 saturated heterocycles. The highest BCUT2D eigenvalue weighted by Gasteiger charge is 2.20. The molecule has 0 aliphatic heterocycles. The fourth-order valence-electron chi connectivity index (χ4n) is 2.40. The van der Waals surface area contributed by atoms with Crippen LogP contribution in [-0.2, 0) is 26.0 Å². The molecule has 28 heavy (non-hydrogen) atoms. The van der Waals surface area contributed by atoms with Gasteiger partial charge in [-0.1, -0.05) is 19.1 Å². The maximum Gasteiger partial charge on any atom is 0.344 e. The minimum Gasteiger partial charge on any atom is -0.482 e. The number of benzene rings is 2. The predicted octanol–water partition coefficient (Wildman–Crippen LogP) is 2.81. The third-order valence-corrected chi connectivity index (χ3v) is 4.44. The van der Waals surface area contributed by atoms with Crippen LogP contribution >= 0.6 is 0 Å². The van der Waals surface area contributed by atoms with Crippen molar-refractivity contribution in [1.29, 1.82) is 0 Å². The second kappa shape index (κ2) is 9.36. The lowest BCUT2D eigenvalue weighted by molar-refractivity contribution is -0.148. The minimum absolute atomic E-state index is 0.301. The van der Waals surface area contributed by atoms with E-state index in [1.54, 1.807) is 12.1 Å². The van der Waals surface area contributed by atoms with Crippen LogP contribution in [0, 0.1) is 0 Å². The van der Waals surface area contributed by atoms with E-state index in [9.17, 15) is 18.0 Å². The number of anilines is 1. The molecule has 2 aromatic rings. The van der Waals surface area contributed by atoms with E-state index in [0.717, 1.165) is 18.2 Å². The number of esters is 1. The van der Waals surface area contributed by atoms with Gasteiger partial charge in [0, 0.05) is 11.3 Å². The summed E-state index contributed by atoms with van der Waals surface area (Å²) >= 11 is 0. The van der Waals surface area contributed by atoms with Gasteiger partial charge in [-0.25, -0.2) is 13.2 Å². The van der Waals surface area contributed by atoms with Crippen molar-refractivity contribution >= 4 is 27.5 Å². The van der Waals surface area contributed by atoms with Crippen LogP contribution in [0.15, 0.2) is 48.5 Å². The SMILES string of the molecule is CCc1ccc(OCC(=O)O[C@H](C)C(=O)c2ccc(NS(C)(=O)=O)cc2)cc1. The van der Waals surface area contributed by atoms with Gasteiger partial charge in [0.05, 0.1) is 6.26 Å². The lowest BCUT2D eigenvalue weighted by Crippen LogP contribution is -2.27. The number of Topliss-reactive ketones (excluding diaryl/α,β-unsaturated/α-hetero) is 1. The Balaban J connectivity index is 1.87. The molecule has 7 nitrogen and oxygen atoms in total. The fraction of sp³-hybridized carbons (Fsp3) is 0.300. The molecule has 2 aromatic carbocycles. The molecule has 1 atom stereocenters. The summed E-state index contributed by atoms with van der Waals surface area (Å²) < 4.78 is 35.2. The second-order valence-electron chi connectivity index (χ2n) is 6.23. The highest BCUT2D eigenvalue weighted by Crippen LogP contribution is 2.15. The number of carbonyl (C=O) groups excluding carboxylic acids is 2. The van der Waals surface area contributed by atoms with E-state index in [2.05, 4.69) is 4.72 Å². The molecule has 8 heteroatoms. The van der Waals surface area contributed by atoms with Gasteiger partial charge in [-0.15, -0.1) is 0 Å². The van der Waals surface area contributed by atoms with Crippen molar-refractivity contribution in [3.63, 3.8) is 0 Å². The van der Waals surface area contributed by atoms with Gasteiger partial charge in [0.25, 0.3) is 0 Å². The molecule has 0 spiro atoms. The quantitative estimate of drug-likeness (QED) is 0.509. The topological polar surface area (TPSA) is 98.8 Å². The predicted molar refractivity (Wildman–Crippen MR) is 106 cm³/mol. The average molecular weight is 405 g/mol. The third-order valence-electron chi connectivity index (χ3n) is 3.84. The van der Waals surface area contributed by atoms with Gasteiger partial charge in [0.15, 0.2) is 12.7 Å². The Hall–Kier alpha value is -2.87.